The molecule has 1 amide bonds. The van der Waals surface area contributed by atoms with Crippen LogP contribution in [-0.2, 0) is 17.9 Å². The summed E-state index contributed by atoms with van der Waals surface area (Å²) in [6.45, 7) is 2.66. The Morgan fingerprint density at radius 3 is 2.73 bits per heavy atom. The van der Waals surface area contributed by atoms with Crippen LogP contribution < -0.4 is 5.56 Å². The number of thioether (sulfide) groups is 1. The summed E-state index contributed by atoms with van der Waals surface area (Å²) in [5, 5.41) is 9.88. The molecule has 2 aromatic carbocycles. The largest absolute Gasteiger partial charge is 0.341 e. The van der Waals surface area contributed by atoms with Crippen molar-refractivity contribution in [1.29, 1.82) is 0 Å². The number of hydrogen-bond acceptors (Lipinski definition) is 5. The van der Waals surface area contributed by atoms with Gasteiger partial charge < -0.3 is 4.90 Å². The molecule has 0 fully saturated rings. The molecule has 0 bridgehead atoms. The molecule has 0 aliphatic rings. The Labute approximate surface area is 199 Å². The van der Waals surface area contributed by atoms with Gasteiger partial charge in [0.1, 0.15) is 5.82 Å². The van der Waals surface area contributed by atoms with Gasteiger partial charge in [0.2, 0.25) is 11.7 Å². The SMILES string of the molecule is CCCCn1c(=O)c2ccccc2n2c(SCC(=O)N(C)Cc3c(F)cccc3Cl)nnc12. The number of nitrogens with zero attached hydrogens (tertiary/aromatic N) is 5. The summed E-state index contributed by atoms with van der Waals surface area (Å²) in [6.07, 6.45) is 1.78. The van der Waals surface area contributed by atoms with Gasteiger partial charge in [-0.15, -0.1) is 10.2 Å². The molecular formula is C23H23ClFN5O2S. The van der Waals surface area contributed by atoms with Gasteiger partial charge in [-0.1, -0.05) is 54.9 Å². The van der Waals surface area contributed by atoms with Gasteiger partial charge in [0.15, 0.2) is 5.16 Å². The van der Waals surface area contributed by atoms with Gasteiger partial charge in [0.25, 0.3) is 5.56 Å². The van der Waals surface area contributed by atoms with E-state index in [9.17, 15) is 14.0 Å². The van der Waals surface area contributed by atoms with E-state index in [-0.39, 0.29) is 34.4 Å². The summed E-state index contributed by atoms with van der Waals surface area (Å²) >= 11 is 7.31. The Kier molecular flexibility index (Phi) is 6.99. The molecule has 2 aromatic heterocycles. The van der Waals surface area contributed by atoms with E-state index in [0.717, 1.165) is 12.8 Å². The zero-order chi connectivity index (χ0) is 23.5. The maximum Gasteiger partial charge on any atom is 0.262 e. The van der Waals surface area contributed by atoms with Gasteiger partial charge in [-0.2, -0.15) is 0 Å². The van der Waals surface area contributed by atoms with Crippen LogP contribution in [0.2, 0.25) is 5.02 Å². The van der Waals surface area contributed by atoms with Gasteiger partial charge in [-0.3, -0.25) is 18.6 Å². The van der Waals surface area contributed by atoms with Crippen LogP contribution in [0.15, 0.2) is 52.4 Å². The zero-order valence-corrected chi connectivity index (χ0v) is 19.9. The Morgan fingerprint density at radius 1 is 1.18 bits per heavy atom. The van der Waals surface area contributed by atoms with E-state index < -0.39 is 5.82 Å². The number of aromatic nitrogens is 4. The molecule has 0 saturated heterocycles. The van der Waals surface area contributed by atoms with Crippen molar-refractivity contribution in [2.75, 3.05) is 12.8 Å². The average molecular weight is 488 g/mol. The smallest absolute Gasteiger partial charge is 0.262 e. The lowest BCUT2D eigenvalue weighted by Gasteiger charge is -2.18. The van der Waals surface area contributed by atoms with Gasteiger partial charge in [0, 0.05) is 30.7 Å². The molecule has 0 aliphatic heterocycles. The van der Waals surface area contributed by atoms with Crippen LogP contribution in [0.5, 0.6) is 0 Å². The number of rotatable bonds is 8. The normalized spacial score (nSPS) is 11.4. The molecule has 0 aliphatic carbocycles. The minimum atomic E-state index is -0.449. The van der Waals surface area contributed by atoms with E-state index in [2.05, 4.69) is 17.1 Å². The van der Waals surface area contributed by atoms with Crippen LogP contribution in [0, 0.1) is 5.82 Å². The third-order valence-corrected chi connectivity index (χ3v) is 6.69. The minimum Gasteiger partial charge on any atom is -0.341 e. The molecule has 0 atom stereocenters. The number of halogens is 2. The van der Waals surface area contributed by atoms with Crippen molar-refractivity contribution in [1.82, 2.24) is 24.1 Å². The Morgan fingerprint density at radius 2 is 1.97 bits per heavy atom. The summed E-state index contributed by atoms with van der Waals surface area (Å²) in [6, 6.07) is 11.7. The molecule has 7 nitrogen and oxygen atoms in total. The molecule has 0 N–H and O–H groups in total. The molecule has 0 spiro atoms. The first-order valence-corrected chi connectivity index (χ1v) is 11.9. The van der Waals surface area contributed by atoms with E-state index in [1.165, 1.54) is 28.8 Å². The van der Waals surface area contributed by atoms with E-state index in [4.69, 9.17) is 11.6 Å². The third kappa shape index (κ3) is 4.60. The highest BCUT2D eigenvalue weighted by molar-refractivity contribution is 7.99. The number of fused-ring (bicyclic) bond motifs is 3. The second kappa shape index (κ2) is 9.93. The summed E-state index contributed by atoms with van der Waals surface area (Å²) in [5.41, 5.74) is 0.864. The van der Waals surface area contributed by atoms with Gasteiger partial charge in [-0.05, 0) is 30.7 Å². The number of benzene rings is 2. The summed E-state index contributed by atoms with van der Waals surface area (Å²) < 4.78 is 17.5. The molecule has 0 radical (unpaired) electrons. The molecule has 0 saturated carbocycles. The van der Waals surface area contributed by atoms with Crippen LogP contribution in [0.4, 0.5) is 4.39 Å². The first kappa shape index (κ1) is 23.3. The van der Waals surface area contributed by atoms with Crippen LogP contribution in [0.1, 0.15) is 25.3 Å². The van der Waals surface area contributed by atoms with Gasteiger partial charge in [-0.25, -0.2) is 4.39 Å². The Hall–Kier alpha value is -2.91. The standard InChI is InChI=1S/C23H23ClFN5O2S/c1-3-4-12-29-21(32)15-8-5-6-11-19(15)30-22(29)26-27-23(30)33-14-20(31)28(2)13-16-17(24)9-7-10-18(16)25/h5-11H,3-4,12-14H2,1-2H3. The summed E-state index contributed by atoms with van der Waals surface area (Å²) in [4.78, 5) is 27.2. The topological polar surface area (TPSA) is 72.5 Å². The van der Waals surface area contributed by atoms with Crippen molar-refractivity contribution in [2.45, 2.75) is 38.0 Å². The number of aryl methyl sites for hydroxylation is 1. The van der Waals surface area contributed by atoms with Crippen LogP contribution >= 0.6 is 23.4 Å². The molecule has 0 unspecified atom stereocenters. The van der Waals surface area contributed by atoms with E-state index in [0.29, 0.717) is 28.4 Å². The predicted molar refractivity (Wildman–Crippen MR) is 128 cm³/mol. The fourth-order valence-electron chi connectivity index (χ4n) is 3.59. The first-order chi connectivity index (χ1) is 15.9. The van der Waals surface area contributed by atoms with Crippen molar-refractivity contribution in [3.63, 3.8) is 0 Å². The molecule has 33 heavy (non-hydrogen) atoms. The van der Waals surface area contributed by atoms with Crippen molar-refractivity contribution >= 4 is 46.0 Å². The summed E-state index contributed by atoms with van der Waals surface area (Å²) in [7, 11) is 1.60. The van der Waals surface area contributed by atoms with Gasteiger partial charge >= 0.3 is 0 Å². The van der Waals surface area contributed by atoms with Crippen LogP contribution in [0.3, 0.4) is 0 Å². The molecule has 4 aromatic rings. The lowest BCUT2D eigenvalue weighted by molar-refractivity contribution is -0.127. The van der Waals surface area contributed by atoms with Crippen molar-refractivity contribution in [3.05, 3.63) is 69.2 Å². The second-order valence-electron chi connectivity index (χ2n) is 7.68. The number of carbonyl (C=O) groups excluding carboxylic acids is 1. The highest BCUT2D eigenvalue weighted by Gasteiger charge is 2.19. The zero-order valence-electron chi connectivity index (χ0n) is 18.3. The Bertz CT molecular complexity index is 1370. The number of unbranched alkanes of at least 4 members (excludes halogenated alkanes) is 1. The molecule has 10 heteroatoms. The fourth-order valence-corrected chi connectivity index (χ4v) is 4.69. The Balaban J connectivity index is 1.61. The summed E-state index contributed by atoms with van der Waals surface area (Å²) in [5.74, 6) is -0.130. The predicted octanol–water partition coefficient (Wildman–Crippen LogP) is 4.39. The van der Waals surface area contributed by atoms with Crippen LogP contribution in [-0.4, -0.2) is 42.8 Å². The van der Waals surface area contributed by atoms with E-state index in [1.807, 2.05) is 22.6 Å². The molecule has 172 valence electrons. The fraction of sp³-hybridized carbons (Fsp3) is 0.304. The van der Waals surface area contributed by atoms with E-state index >= 15 is 0 Å². The minimum absolute atomic E-state index is 0.0605. The maximum absolute atomic E-state index is 14.1. The first-order valence-electron chi connectivity index (χ1n) is 10.6. The monoisotopic (exact) mass is 487 g/mol. The van der Waals surface area contributed by atoms with Gasteiger partial charge in [0.05, 0.1) is 16.7 Å². The average Bonchev–Trinajstić information content (AvgIpc) is 3.23. The highest BCUT2D eigenvalue weighted by atomic mass is 35.5. The lowest BCUT2D eigenvalue weighted by atomic mass is 10.2. The van der Waals surface area contributed by atoms with Crippen LogP contribution in [0.25, 0.3) is 16.7 Å². The lowest BCUT2D eigenvalue weighted by Crippen LogP contribution is -2.28. The second-order valence-corrected chi connectivity index (χ2v) is 9.03. The molecular weight excluding hydrogens is 465 g/mol. The number of hydrogen-bond donors (Lipinski definition) is 0. The number of para-hydroxylation sites is 1. The molecule has 4 rings (SSSR count). The van der Waals surface area contributed by atoms with Crippen molar-refractivity contribution in [3.8, 4) is 0 Å². The maximum atomic E-state index is 14.1. The molecule has 2 heterocycles. The van der Waals surface area contributed by atoms with Crippen molar-refractivity contribution in [2.24, 2.45) is 0 Å². The van der Waals surface area contributed by atoms with Crippen molar-refractivity contribution < 1.29 is 9.18 Å². The highest BCUT2D eigenvalue weighted by Crippen LogP contribution is 2.24. The number of amides is 1. The quantitative estimate of drug-likeness (QED) is 0.345. The number of carbonyl (C=O) groups is 1. The van der Waals surface area contributed by atoms with E-state index in [1.54, 1.807) is 23.7 Å². The third-order valence-electron chi connectivity index (χ3n) is 5.42.